The van der Waals surface area contributed by atoms with Crippen molar-refractivity contribution in [1.29, 1.82) is 0 Å². The van der Waals surface area contributed by atoms with Gasteiger partial charge in [-0.2, -0.15) is 0 Å². The molecule has 1 heterocycles. The number of hydrogen-bond donors (Lipinski definition) is 2. The lowest BCUT2D eigenvalue weighted by molar-refractivity contribution is 0.201. The number of piperidine rings is 1. The van der Waals surface area contributed by atoms with Crippen molar-refractivity contribution in [3.05, 3.63) is 0 Å². The molecule has 2 N–H and O–H groups in total. The highest BCUT2D eigenvalue weighted by molar-refractivity contribution is 14.0. The quantitative estimate of drug-likeness (QED) is 0.457. The Morgan fingerprint density at radius 1 is 1.29 bits per heavy atom. The SMILES string of the molecule is CN=C(NC)NCC(C)CN1CCCCC1.I. The maximum Gasteiger partial charge on any atom is 0.190 e. The molecule has 0 bridgehead atoms. The molecule has 5 heteroatoms. The van der Waals surface area contributed by atoms with Crippen molar-refractivity contribution < 1.29 is 0 Å². The maximum absolute atomic E-state index is 4.11. The van der Waals surface area contributed by atoms with Gasteiger partial charge in [0.15, 0.2) is 5.96 Å². The van der Waals surface area contributed by atoms with Crippen LogP contribution >= 0.6 is 24.0 Å². The molecule has 0 spiro atoms. The fourth-order valence-electron chi connectivity index (χ4n) is 2.20. The molecule has 1 aliphatic heterocycles. The fourth-order valence-corrected chi connectivity index (χ4v) is 2.20. The summed E-state index contributed by atoms with van der Waals surface area (Å²) in [6, 6.07) is 0. The van der Waals surface area contributed by atoms with E-state index in [0.717, 1.165) is 12.5 Å². The molecule has 0 aromatic carbocycles. The first kappa shape index (κ1) is 17.0. The Kier molecular flexibility index (Phi) is 9.91. The summed E-state index contributed by atoms with van der Waals surface area (Å²) in [5.41, 5.74) is 0. The molecule has 0 aliphatic carbocycles. The van der Waals surface area contributed by atoms with Gasteiger partial charge in [0.2, 0.25) is 0 Å². The van der Waals surface area contributed by atoms with Gasteiger partial charge in [0.05, 0.1) is 0 Å². The standard InChI is InChI=1S/C12H26N4.HI/c1-11(9-15-12(13-2)14-3)10-16-7-5-4-6-8-16;/h11H,4-10H2,1-3H3,(H2,13,14,15);1H. The zero-order valence-corrected chi connectivity index (χ0v) is 13.7. The summed E-state index contributed by atoms with van der Waals surface area (Å²) in [6.07, 6.45) is 4.16. The van der Waals surface area contributed by atoms with Gasteiger partial charge in [-0.15, -0.1) is 24.0 Å². The number of guanidine groups is 1. The third-order valence-corrected chi connectivity index (χ3v) is 3.10. The van der Waals surface area contributed by atoms with Gasteiger partial charge in [-0.05, 0) is 31.8 Å². The molecule has 0 radical (unpaired) electrons. The predicted molar refractivity (Wildman–Crippen MR) is 85.3 cm³/mol. The predicted octanol–water partition coefficient (Wildman–Crippen LogP) is 1.52. The molecule has 1 rings (SSSR count). The van der Waals surface area contributed by atoms with Crippen LogP contribution in [0.15, 0.2) is 4.99 Å². The fraction of sp³-hybridized carbons (Fsp3) is 0.917. The number of rotatable bonds is 4. The van der Waals surface area contributed by atoms with Crippen molar-refractivity contribution in [3.63, 3.8) is 0 Å². The first-order chi connectivity index (χ1) is 7.76. The summed E-state index contributed by atoms with van der Waals surface area (Å²) in [5, 5.41) is 6.36. The molecule has 1 unspecified atom stereocenters. The Balaban J connectivity index is 0.00000256. The lowest BCUT2D eigenvalue weighted by Gasteiger charge is -2.29. The Morgan fingerprint density at radius 3 is 2.47 bits per heavy atom. The van der Waals surface area contributed by atoms with Crippen LogP contribution in [-0.2, 0) is 0 Å². The van der Waals surface area contributed by atoms with Crippen molar-refractivity contribution in [3.8, 4) is 0 Å². The van der Waals surface area contributed by atoms with E-state index in [1.54, 1.807) is 7.05 Å². The normalized spacial score (nSPS) is 19.4. The third-order valence-electron chi connectivity index (χ3n) is 3.10. The van der Waals surface area contributed by atoms with Crippen LogP contribution in [0.4, 0.5) is 0 Å². The smallest absolute Gasteiger partial charge is 0.190 e. The van der Waals surface area contributed by atoms with E-state index in [1.807, 2.05) is 7.05 Å². The number of aliphatic imine (C=N–C) groups is 1. The van der Waals surface area contributed by atoms with Crippen LogP contribution in [-0.4, -0.2) is 51.1 Å². The minimum absolute atomic E-state index is 0. The van der Waals surface area contributed by atoms with Crippen LogP contribution in [0, 0.1) is 5.92 Å². The third kappa shape index (κ3) is 7.08. The van der Waals surface area contributed by atoms with Crippen molar-refractivity contribution in [2.24, 2.45) is 10.9 Å². The van der Waals surface area contributed by atoms with Crippen LogP contribution in [0.5, 0.6) is 0 Å². The van der Waals surface area contributed by atoms with Gasteiger partial charge in [0, 0.05) is 27.2 Å². The van der Waals surface area contributed by atoms with Crippen LogP contribution in [0.25, 0.3) is 0 Å². The van der Waals surface area contributed by atoms with Crippen molar-refractivity contribution in [2.75, 3.05) is 40.3 Å². The van der Waals surface area contributed by atoms with E-state index >= 15 is 0 Å². The molecular formula is C12H27IN4. The molecular weight excluding hydrogens is 327 g/mol. The second-order valence-electron chi connectivity index (χ2n) is 4.67. The highest BCUT2D eigenvalue weighted by atomic mass is 127. The monoisotopic (exact) mass is 354 g/mol. The number of nitrogens with one attached hydrogen (secondary N) is 2. The molecule has 0 amide bonds. The van der Waals surface area contributed by atoms with Gasteiger partial charge in [-0.3, -0.25) is 4.99 Å². The summed E-state index contributed by atoms with van der Waals surface area (Å²) in [4.78, 5) is 6.69. The first-order valence-corrected chi connectivity index (χ1v) is 6.37. The highest BCUT2D eigenvalue weighted by Gasteiger charge is 2.13. The van der Waals surface area contributed by atoms with Gasteiger partial charge in [-0.25, -0.2) is 0 Å². The molecule has 1 fully saturated rings. The van der Waals surface area contributed by atoms with Crippen LogP contribution in [0.2, 0.25) is 0 Å². The molecule has 0 aromatic heterocycles. The van der Waals surface area contributed by atoms with Crippen molar-refractivity contribution >= 4 is 29.9 Å². The van der Waals surface area contributed by atoms with Crippen LogP contribution < -0.4 is 10.6 Å². The van der Waals surface area contributed by atoms with Gasteiger partial charge < -0.3 is 15.5 Å². The second-order valence-corrected chi connectivity index (χ2v) is 4.67. The van der Waals surface area contributed by atoms with Gasteiger partial charge >= 0.3 is 0 Å². The lowest BCUT2D eigenvalue weighted by atomic mass is 10.1. The molecule has 1 saturated heterocycles. The molecule has 0 aromatic rings. The van der Waals surface area contributed by atoms with E-state index < -0.39 is 0 Å². The Morgan fingerprint density at radius 2 is 1.94 bits per heavy atom. The van der Waals surface area contributed by atoms with E-state index in [2.05, 4.69) is 27.4 Å². The summed E-state index contributed by atoms with van der Waals surface area (Å²) in [7, 11) is 3.69. The number of likely N-dealkylation sites (tertiary alicyclic amines) is 1. The number of nitrogens with zero attached hydrogens (tertiary/aromatic N) is 2. The number of hydrogen-bond acceptors (Lipinski definition) is 2. The van der Waals surface area contributed by atoms with E-state index in [1.165, 1.54) is 38.9 Å². The molecule has 1 atom stereocenters. The van der Waals surface area contributed by atoms with Crippen molar-refractivity contribution in [1.82, 2.24) is 15.5 Å². The second kappa shape index (κ2) is 9.94. The summed E-state index contributed by atoms with van der Waals surface area (Å²) >= 11 is 0. The zero-order valence-electron chi connectivity index (χ0n) is 11.3. The zero-order chi connectivity index (χ0) is 11.8. The van der Waals surface area contributed by atoms with Crippen LogP contribution in [0.1, 0.15) is 26.2 Å². The van der Waals surface area contributed by atoms with E-state index in [0.29, 0.717) is 5.92 Å². The highest BCUT2D eigenvalue weighted by Crippen LogP contribution is 2.10. The lowest BCUT2D eigenvalue weighted by Crippen LogP contribution is -2.41. The van der Waals surface area contributed by atoms with E-state index in [9.17, 15) is 0 Å². The van der Waals surface area contributed by atoms with E-state index in [4.69, 9.17) is 0 Å². The van der Waals surface area contributed by atoms with Crippen molar-refractivity contribution in [2.45, 2.75) is 26.2 Å². The molecule has 17 heavy (non-hydrogen) atoms. The Hall–Kier alpha value is -0.0400. The maximum atomic E-state index is 4.11. The van der Waals surface area contributed by atoms with Gasteiger partial charge in [0.1, 0.15) is 0 Å². The number of halogens is 1. The summed E-state index contributed by atoms with van der Waals surface area (Å²) < 4.78 is 0. The molecule has 102 valence electrons. The Bertz CT molecular complexity index is 215. The summed E-state index contributed by atoms with van der Waals surface area (Å²) in [5.74, 6) is 1.55. The molecule has 0 saturated carbocycles. The van der Waals surface area contributed by atoms with Gasteiger partial charge in [-0.1, -0.05) is 13.3 Å². The minimum Gasteiger partial charge on any atom is -0.359 e. The minimum atomic E-state index is 0. The van der Waals surface area contributed by atoms with Crippen LogP contribution in [0.3, 0.4) is 0 Å². The van der Waals surface area contributed by atoms with Gasteiger partial charge in [0.25, 0.3) is 0 Å². The average molecular weight is 354 g/mol. The topological polar surface area (TPSA) is 39.7 Å². The summed E-state index contributed by atoms with van der Waals surface area (Å²) in [6.45, 7) is 7.05. The average Bonchev–Trinajstić information content (AvgIpc) is 2.31. The van der Waals surface area contributed by atoms with E-state index in [-0.39, 0.29) is 24.0 Å². The molecule has 1 aliphatic rings. The Labute approximate surface area is 123 Å². The first-order valence-electron chi connectivity index (χ1n) is 6.37. The molecule has 4 nitrogen and oxygen atoms in total. The largest absolute Gasteiger partial charge is 0.359 e.